The van der Waals surface area contributed by atoms with E-state index in [1.165, 1.54) is 0 Å². The maximum atomic E-state index is 12.2. The van der Waals surface area contributed by atoms with Gasteiger partial charge in [-0.3, -0.25) is 14.4 Å². The van der Waals surface area contributed by atoms with Crippen molar-refractivity contribution in [2.45, 2.75) is 0 Å². The highest BCUT2D eigenvalue weighted by molar-refractivity contribution is 5.92. The van der Waals surface area contributed by atoms with Crippen molar-refractivity contribution in [1.29, 1.82) is 0 Å². The number of carbonyl (C=O) groups is 1. The molecule has 1 aliphatic rings. The van der Waals surface area contributed by atoms with Gasteiger partial charge in [-0.05, 0) is 24.3 Å². The van der Waals surface area contributed by atoms with Crippen LogP contribution in [0.4, 0.5) is 11.5 Å². The third kappa shape index (κ3) is 3.68. The van der Waals surface area contributed by atoms with Gasteiger partial charge in [0.2, 0.25) is 5.91 Å². The van der Waals surface area contributed by atoms with E-state index in [2.05, 4.69) is 30.2 Å². The van der Waals surface area contributed by atoms with E-state index >= 15 is 0 Å². The number of aromatic nitrogens is 4. The summed E-state index contributed by atoms with van der Waals surface area (Å²) in [5.41, 5.74) is 1.49. The van der Waals surface area contributed by atoms with E-state index in [-0.39, 0.29) is 11.7 Å². The Kier molecular flexibility index (Phi) is 4.59. The molecule has 9 nitrogen and oxygen atoms in total. The Bertz CT molecular complexity index is 946. The van der Waals surface area contributed by atoms with E-state index in [1.54, 1.807) is 41.5 Å². The van der Waals surface area contributed by atoms with Gasteiger partial charge >= 0.3 is 0 Å². The summed E-state index contributed by atoms with van der Waals surface area (Å²) < 4.78 is 1.74. The largest absolute Gasteiger partial charge is 0.508 e. The van der Waals surface area contributed by atoms with Crippen molar-refractivity contribution in [1.82, 2.24) is 24.6 Å². The van der Waals surface area contributed by atoms with Crippen molar-refractivity contribution in [2.75, 3.05) is 42.9 Å². The number of benzene rings is 1. The van der Waals surface area contributed by atoms with Gasteiger partial charge in [-0.15, -0.1) is 0 Å². The molecule has 0 spiro atoms. The number of aromatic hydroxyl groups is 1. The number of phenols is 1. The van der Waals surface area contributed by atoms with Gasteiger partial charge in [0, 0.05) is 38.9 Å². The van der Waals surface area contributed by atoms with Gasteiger partial charge in [0.1, 0.15) is 17.9 Å². The molecule has 0 aliphatic carbocycles. The van der Waals surface area contributed by atoms with E-state index in [1.807, 2.05) is 7.05 Å². The number of nitrogens with one attached hydrogen (secondary N) is 1. The lowest BCUT2D eigenvalue weighted by atomic mass is 10.2. The summed E-state index contributed by atoms with van der Waals surface area (Å²) in [5.74, 6) is 1.00. The number of rotatable bonds is 4. The predicted octanol–water partition coefficient (Wildman–Crippen LogP) is 0.830. The van der Waals surface area contributed by atoms with Crippen LogP contribution < -0.4 is 10.2 Å². The van der Waals surface area contributed by atoms with Gasteiger partial charge in [-0.2, -0.15) is 5.10 Å². The fourth-order valence-corrected chi connectivity index (χ4v) is 3.27. The molecule has 9 heteroatoms. The van der Waals surface area contributed by atoms with Crippen LogP contribution in [0.1, 0.15) is 0 Å². The molecule has 140 valence electrons. The third-order valence-electron chi connectivity index (χ3n) is 4.70. The molecule has 3 heterocycles. The smallest absolute Gasteiger partial charge is 0.238 e. The van der Waals surface area contributed by atoms with Crippen molar-refractivity contribution in [3.63, 3.8) is 0 Å². The molecule has 1 aliphatic heterocycles. The quantitative estimate of drug-likeness (QED) is 0.659. The van der Waals surface area contributed by atoms with E-state index in [0.717, 1.165) is 43.0 Å². The second kappa shape index (κ2) is 7.20. The Labute approximate surface area is 156 Å². The van der Waals surface area contributed by atoms with Gasteiger partial charge in [0.05, 0.1) is 18.1 Å². The van der Waals surface area contributed by atoms with Crippen molar-refractivity contribution in [2.24, 2.45) is 7.05 Å². The molecule has 2 aromatic heterocycles. The van der Waals surface area contributed by atoms with Gasteiger partial charge in [0.25, 0.3) is 0 Å². The standard InChI is InChI=1S/C18H21N7O2/c1-23-17-15(10-21-23)18(20-12-19-17)25-8-6-24(7-9-25)11-16(27)22-13-2-4-14(26)5-3-13/h2-5,10,12,26H,6-9,11H2,1H3,(H,22,27). The van der Waals surface area contributed by atoms with E-state index < -0.39 is 0 Å². The van der Waals surface area contributed by atoms with Crippen LogP contribution in [-0.2, 0) is 11.8 Å². The van der Waals surface area contributed by atoms with E-state index in [0.29, 0.717) is 12.2 Å². The lowest BCUT2D eigenvalue weighted by Crippen LogP contribution is -2.49. The summed E-state index contributed by atoms with van der Waals surface area (Å²) in [6.45, 7) is 3.45. The van der Waals surface area contributed by atoms with E-state index in [4.69, 9.17) is 0 Å². The minimum atomic E-state index is -0.0641. The van der Waals surface area contributed by atoms with Crippen molar-refractivity contribution in [3.8, 4) is 5.75 Å². The molecule has 0 atom stereocenters. The number of phenolic OH excluding ortho intramolecular Hbond substituents is 1. The summed E-state index contributed by atoms with van der Waals surface area (Å²) in [6.07, 6.45) is 3.36. The maximum Gasteiger partial charge on any atom is 0.238 e. The fraction of sp³-hybridized carbons (Fsp3) is 0.333. The minimum absolute atomic E-state index is 0.0641. The number of aryl methyl sites for hydroxylation is 1. The fourth-order valence-electron chi connectivity index (χ4n) is 3.27. The van der Waals surface area contributed by atoms with Crippen molar-refractivity contribution < 1.29 is 9.90 Å². The number of carbonyl (C=O) groups excluding carboxylic acids is 1. The lowest BCUT2D eigenvalue weighted by molar-refractivity contribution is -0.117. The molecule has 1 amide bonds. The van der Waals surface area contributed by atoms with Crippen molar-refractivity contribution in [3.05, 3.63) is 36.8 Å². The Morgan fingerprint density at radius 3 is 2.63 bits per heavy atom. The Morgan fingerprint density at radius 2 is 1.89 bits per heavy atom. The first kappa shape index (κ1) is 17.2. The maximum absolute atomic E-state index is 12.2. The highest BCUT2D eigenvalue weighted by Gasteiger charge is 2.22. The highest BCUT2D eigenvalue weighted by Crippen LogP contribution is 2.23. The average Bonchev–Trinajstić information content (AvgIpc) is 3.06. The van der Waals surface area contributed by atoms with Crippen LogP contribution in [0, 0.1) is 0 Å². The number of hydrogen-bond acceptors (Lipinski definition) is 7. The second-order valence-corrected chi connectivity index (χ2v) is 6.56. The summed E-state index contributed by atoms with van der Waals surface area (Å²) in [7, 11) is 1.86. The number of hydrogen-bond donors (Lipinski definition) is 2. The van der Waals surface area contributed by atoms with Gasteiger partial charge < -0.3 is 15.3 Å². The number of piperazine rings is 1. The molecule has 1 fully saturated rings. The molecule has 0 saturated carbocycles. The van der Waals surface area contributed by atoms with Gasteiger partial charge in [0.15, 0.2) is 5.65 Å². The summed E-state index contributed by atoms with van der Waals surface area (Å²) in [4.78, 5) is 25.3. The zero-order valence-corrected chi connectivity index (χ0v) is 15.0. The molecule has 3 aromatic rings. The molecular weight excluding hydrogens is 346 g/mol. The second-order valence-electron chi connectivity index (χ2n) is 6.56. The number of nitrogens with zero attached hydrogens (tertiary/aromatic N) is 6. The molecule has 2 N–H and O–H groups in total. The zero-order chi connectivity index (χ0) is 18.8. The first-order valence-corrected chi connectivity index (χ1v) is 8.79. The first-order valence-electron chi connectivity index (χ1n) is 8.79. The molecule has 0 bridgehead atoms. The molecular formula is C18H21N7O2. The first-order chi connectivity index (χ1) is 13.1. The van der Waals surface area contributed by atoms with Crippen molar-refractivity contribution >= 4 is 28.4 Å². The average molecular weight is 367 g/mol. The van der Waals surface area contributed by atoms with Crippen LogP contribution in [-0.4, -0.2) is 68.4 Å². The third-order valence-corrected chi connectivity index (χ3v) is 4.70. The lowest BCUT2D eigenvalue weighted by Gasteiger charge is -2.35. The minimum Gasteiger partial charge on any atom is -0.508 e. The number of fused-ring (bicyclic) bond motifs is 1. The Morgan fingerprint density at radius 1 is 1.15 bits per heavy atom. The molecule has 0 radical (unpaired) electrons. The van der Waals surface area contributed by atoms with Crippen LogP contribution in [0.15, 0.2) is 36.8 Å². The summed E-state index contributed by atoms with van der Waals surface area (Å²) >= 11 is 0. The van der Waals surface area contributed by atoms with Crippen LogP contribution in [0.25, 0.3) is 11.0 Å². The van der Waals surface area contributed by atoms with Gasteiger partial charge in [-0.25, -0.2) is 9.97 Å². The molecule has 4 rings (SSSR count). The van der Waals surface area contributed by atoms with E-state index in [9.17, 15) is 9.90 Å². The summed E-state index contributed by atoms with van der Waals surface area (Å²) in [6, 6.07) is 6.46. The Balaban J connectivity index is 1.34. The predicted molar refractivity (Wildman–Crippen MR) is 102 cm³/mol. The van der Waals surface area contributed by atoms with Crippen LogP contribution in [0.5, 0.6) is 5.75 Å². The van der Waals surface area contributed by atoms with Crippen LogP contribution in [0.2, 0.25) is 0 Å². The molecule has 1 saturated heterocycles. The number of amides is 1. The molecule has 0 unspecified atom stereocenters. The zero-order valence-electron chi connectivity index (χ0n) is 15.0. The monoisotopic (exact) mass is 367 g/mol. The highest BCUT2D eigenvalue weighted by atomic mass is 16.3. The summed E-state index contributed by atoms with van der Waals surface area (Å²) in [5, 5.41) is 17.3. The number of anilines is 2. The molecule has 1 aromatic carbocycles. The van der Waals surface area contributed by atoms with Gasteiger partial charge in [-0.1, -0.05) is 0 Å². The molecule has 27 heavy (non-hydrogen) atoms. The normalized spacial score (nSPS) is 15.2. The SMILES string of the molecule is Cn1ncc2c(N3CCN(CC(=O)Nc4ccc(O)cc4)CC3)ncnc21. The van der Waals surface area contributed by atoms with Crippen LogP contribution in [0.3, 0.4) is 0 Å². The van der Waals surface area contributed by atoms with Crippen LogP contribution >= 0.6 is 0 Å². The topological polar surface area (TPSA) is 99.4 Å². The Hall–Kier alpha value is -3.20.